The molecule has 0 bridgehead atoms. The summed E-state index contributed by atoms with van der Waals surface area (Å²) in [6, 6.07) is 0. The highest BCUT2D eigenvalue weighted by Gasteiger charge is 1.58. The SMILES string of the molecule is CC[CH2][AlH2].Cl.[HH]. The molecule has 0 aliphatic heterocycles. The number of rotatable bonds is 1. The third kappa shape index (κ3) is 11.6. The number of halogens is 1. The van der Waals surface area contributed by atoms with Crippen molar-refractivity contribution in [3.8, 4) is 0 Å². The molecule has 0 amide bonds. The topological polar surface area (TPSA) is 0 Å². The lowest BCUT2D eigenvalue weighted by Crippen LogP contribution is -1.55. The van der Waals surface area contributed by atoms with E-state index in [4.69, 9.17) is 0 Å². The van der Waals surface area contributed by atoms with Crippen molar-refractivity contribution >= 4 is 28.7 Å². The molecule has 2 heteroatoms. The van der Waals surface area contributed by atoms with E-state index in [0.29, 0.717) is 0 Å². The van der Waals surface area contributed by atoms with Gasteiger partial charge in [-0.15, -0.1) is 17.7 Å². The summed E-state index contributed by atoms with van der Waals surface area (Å²) in [6.07, 6.45) is 1.38. The van der Waals surface area contributed by atoms with Crippen LogP contribution in [-0.4, -0.2) is 16.3 Å². The molecule has 0 fully saturated rings. The normalized spacial score (nSPS) is 5.80. The molecule has 0 aromatic heterocycles. The van der Waals surface area contributed by atoms with Crippen LogP contribution in [0.15, 0.2) is 0 Å². The highest BCUT2D eigenvalue weighted by molar-refractivity contribution is 6.08. The second-order valence-corrected chi connectivity index (χ2v) is 2.00. The highest BCUT2D eigenvalue weighted by atomic mass is 35.5. The lowest BCUT2D eigenvalue weighted by Gasteiger charge is -1.66. The van der Waals surface area contributed by atoms with E-state index in [1.54, 1.807) is 0 Å². The molecule has 0 heterocycles. The van der Waals surface area contributed by atoms with Gasteiger partial charge in [0.25, 0.3) is 0 Å². The largest absolute Gasteiger partial charge is 0.211 e. The molecular weight excluding hydrogens is 98.5 g/mol. The molecule has 0 aliphatic rings. The Morgan fingerprint density at radius 1 is 1.80 bits per heavy atom. The van der Waals surface area contributed by atoms with Crippen LogP contribution in [0.3, 0.4) is 0 Å². The summed E-state index contributed by atoms with van der Waals surface area (Å²) in [5.74, 6) is 0. The van der Waals surface area contributed by atoms with Crippen molar-refractivity contribution in [2.75, 3.05) is 0 Å². The van der Waals surface area contributed by atoms with Crippen LogP contribution in [-0.2, 0) is 0 Å². The zero-order valence-corrected chi connectivity index (χ0v) is 6.64. The summed E-state index contributed by atoms with van der Waals surface area (Å²) in [7, 11) is 0. The Labute approximate surface area is 49.3 Å². The van der Waals surface area contributed by atoms with Crippen LogP contribution in [0.2, 0.25) is 5.28 Å². The second-order valence-electron chi connectivity index (χ2n) is 1.000. The van der Waals surface area contributed by atoms with E-state index in [1.165, 1.54) is 28.0 Å². The average Bonchev–Trinajstić information content (AvgIpc) is 1.37. The number of hydrogen-bond acceptors (Lipinski definition) is 0. The summed E-state index contributed by atoms with van der Waals surface area (Å²) in [5, 5.41) is 1.46. The average molecular weight is 111 g/mol. The van der Waals surface area contributed by atoms with Crippen LogP contribution < -0.4 is 0 Å². The Hall–Kier alpha value is 0.822. The lowest BCUT2D eigenvalue weighted by molar-refractivity contribution is 1.08. The fraction of sp³-hybridized carbons (Fsp3) is 1.00. The maximum atomic E-state index is 2.22. The predicted octanol–water partition coefficient (Wildman–Crippen LogP) is 1.12. The summed E-state index contributed by atoms with van der Waals surface area (Å²) < 4.78 is 0. The Bertz CT molecular complexity index is 12.8. The zero-order valence-electron chi connectivity index (χ0n) is 3.82. The van der Waals surface area contributed by atoms with E-state index in [1.807, 2.05) is 0 Å². The monoisotopic (exact) mass is 110 g/mol. The van der Waals surface area contributed by atoms with Gasteiger partial charge < -0.3 is 0 Å². The van der Waals surface area contributed by atoms with Gasteiger partial charge in [-0.05, 0) is 0 Å². The van der Waals surface area contributed by atoms with Crippen molar-refractivity contribution in [1.29, 1.82) is 0 Å². The quantitative estimate of drug-likeness (QED) is 0.444. The van der Waals surface area contributed by atoms with Crippen molar-refractivity contribution in [2.24, 2.45) is 0 Å². The van der Waals surface area contributed by atoms with Crippen molar-refractivity contribution in [1.82, 2.24) is 0 Å². The van der Waals surface area contributed by atoms with Crippen LogP contribution in [0.1, 0.15) is 14.8 Å². The van der Waals surface area contributed by atoms with Gasteiger partial charge in [-0.2, -0.15) is 0 Å². The van der Waals surface area contributed by atoms with E-state index in [2.05, 4.69) is 6.92 Å². The third-order valence-electron chi connectivity index (χ3n) is 0.500. The predicted molar refractivity (Wildman–Crippen MR) is 33.0 cm³/mol. The maximum Gasteiger partial charge on any atom is 0.211 e. The molecule has 0 saturated heterocycles. The number of hydrogen-bond donors (Lipinski definition) is 0. The first-order valence-electron chi connectivity index (χ1n) is 1.91. The van der Waals surface area contributed by atoms with Crippen LogP contribution in [0.25, 0.3) is 0 Å². The molecule has 0 unspecified atom stereocenters. The van der Waals surface area contributed by atoms with E-state index in [-0.39, 0.29) is 13.8 Å². The summed E-state index contributed by atoms with van der Waals surface area (Å²) in [4.78, 5) is 0. The van der Waals surface area contributed by atoms with E-state index >= 15 is 0 Å². The fourth-order valence-corrected chi connectivity index (χ4v) is 0. The van der Waals surface area contributed by atoms with Crippen molar-refractivity contribution in [2.45, 2.75) is 18.6 Å². The van der Waals surface area contributed by atoms with Gasteiger partial charge in [-0.25, -0.2) is 0 Å². The summed E-state index contributed by atoms with van der Waals surface area (Å²) >= 11 is 1.39. The Balaban J connectivity index is -0.0000000450. The molecule has 0 rings (SSSR count). The highest BCUT2D eigenvalue weighted by Crippen LogP contribution is 1.73. The fourth-order valence-electron chi connectivity index (χ4n) is 0. The van der Waals surface area contributed by atoms with Crippen LogP contribution in [0, 0.1) is 0 Å². The first kappa shape index (κ1) is 9.27. The van der Waals surface area contributed by atoms with Gasteiger partial charge in [0.05, 0.1) is 0 Å². The molecule has 0 aromatic carbocycles. The first-order chi connectivity index (χ1) is 1.91. The Morgan fingerprint density at radius 2 is 2.00 bits per heavy atom. The third-order valence-corrected chi connectivity index (χ3v) is 1.50. The van der Waals surface area contributed by atoms with Gasteiger partial charge in [-0.1, -0.05) is 13.3 Å². The summed E-state index contributed by atoms with van der Waals surface area (Å²) in [5.41, 5.74) is 0. The van der Waals surface area contributed by atoms with Crippen LogP contribution >= 0.6 is 12.4 Å². The molecule has 0 atom stereocenters. The van der Waals surface area contributed by atoms with Crippen molar-refractivity contribution < 1.29 is 1.43 Å². The smallest absolute Gasteiger partial charge is 0.147 e. The first-order valence-corrected chi connectivity index (χ1v) is 3.33. The minimum Gasteiger partial charge on any atom is -0.147 e. The van der Waals surface area contributed by atoms with E-state index in [0.717, 1.165) is 0 Å². The van der Waals surface area contributed by atoms with Gasteiger partial charge in [0.2, 0.25) is 16.3 Å². The summed E-state index contributed by atoms with van der Waals surface area (Å²) in [6.45, 7) is 2.22. The van der Waals surface area contributed by atoms with Crippen LogP contribution in [0.4, 0.5) is 0 Å². The minimum atomic E-state index is 0. The molecule has 0 aliphatic carbocycles. The maximum absolute atomic E-state index is 2.22. The molecule has 0 nitrogen and oxygen atoms in total. The van der Waals surface area contributed by atoms with Gasteiger partial charge in [0, 0.05) is 1.43 Å². The zero-order chi connectivity index (χ0) is 3.41. The molecule has 34 valence electrons. The van der Waals surface area contributed by atoms with Crippen LogP contribution in [0.5, 0.6) is 0 Å². The molecule has 0 saturated carbocycles. The molecular formula is C3H12AlCl. The van der Waals surface area contributed by atoms with Crippen molar-refractivity contribution in [3.05, 3.63) is 0 Å². The van der Waals surface area contributed by atoms with Gasteiger partial charge >= 0.3 is 0 Å². The molecule has 5 heavy (non-hydrogen) atoms. The van der Waals surface area contributed by atoms with E-state index in [9.17, 15) is 0 Å². The van der Waals surface area contributed by atoms with Crippen molar-refractivity contribution in [3.63, 3.8) is 0 Å². The molecule has 0 spiro atoms. The molecule has 0 radical (unpaired) electrons. The molecule has 0 N–H and O–H groups in total. The van der Waals surface area contributed by atoms with Gasteiger partial charge in [0.15, 0.2) is 0 Å². The van der Waals surface area contributed by atoms with Gasteiger partial charge in [0.1, 0.15) is 0 Å². The Morgan fingerprint density at radius 3 is 2.00 bits per heavy atom. The molecule has 0 aromatic rings. The van der Waals surface area contributed by atoms with E-state index < -0.39 is 0 Å². The minimum absolute atomic E-state index is 0. The standard InChI is InChI=1S/C3H7.Al.ClH.H2.2H/c1-3-2;;;;;/h1,3H2,2H3;;2*1H;;. The second kappa shape index (κ2) is 8.85. The Kier molecular flexibility index (Phi) is 16.4. The lowest BCUT2D eigenvalue weighted by atomic mass is 10.6. The van der Waals surface area contributed by atoms with Gasteiger partial charge in [-0.3, -0.25) is 0 Å².